The average molecular weight is 913 g/mol. The van der Waals surface area contributed by atoms with Gasteiger partial charge in [-0.05, 0) is 71.3 Å². The molecular weight excluding hydrogens is 864 g/mol. The van der Waals surface area contributed by atoms with Gasteiger partial charge in [0.2, 0.25) is 12.1 Å². The monoisotopic (exact) mass is 912 g/mol. The van der Waals surface area contributed by atoms with Crippen LogP contribution >= 0.6 is 0 Å². The van der Waals surface area contributed by atoms with Crippen molar-refractivity contribution in [1.29, 1.82) is 0 Å². The number of aliphatic hydroxyl groups is 4. The molecule has 0 unspecified atom stereocenters. The van der Waals surface area contributed by atoms with Crippen LogP contribution in [0.2, 0.25) is 0 Å². The van der Waals surface area contributed by atoms with Crippen LogP contribution in [-0.2, 0) is 52.3 Å². The third-order valence-corrected chi connectivity index (χ3v) is 9.81. The Hall–Kier alpha value is -6.72. The van der Waals surface area contributed by atoms with E-state index in [0.29, 0.717) is 16.7 Å². The zero-order chi connectivity index (χ0) is 47.4. The van der Waals surface area contributed by atoms with Crippen LogP contribution in [0.4, 0.5) is 0 Å². The summed E-state index contributed by atoms with van der Waals surface area (Å²) in [5.74, 6) is -7.12. The van der Waals surface area contributed by atoms with Gasteiger partial charge in [0.1, 0.15) is 43.7 Å². The van der Waals surface area contributed by atoms with Crippen LogP contribution in [0.3, 0.4) is 0 Å². The SMILES string of the molecule is COc1cc(/C=C/C(=O)OC[C@H]2O[C@@](COC(=O)/C=C/c3ccc(O)c(OC)c3)(O[C@H]3O[C@H](CO)[C@@H](O)[C@H](O)[C@H]3OC(C)=O)[C@@H](OC(=O)/C=C/c3ccc(O)c(OC)c3)[C@@H]2O)ccc1O. The van der Waals surface area contributed by atoms with E-state index in [1.807, 2.05) is 0 Å². The first-order chi connectivity index (χ1) is 31.0. The van der Waals surface area contributed by atoms with Crippen LogP contribution in [0.5, 0.6) is 34.5 Å². The molecule has 0 amide bonds. The molecule has 0 bridgehead atoms. The summed E-state index contributed by atoms with van der Waals surface area (Å²) in [6.45, 7) is -1.79. The summed E-state index contributed by atoms with van der Waals surface area (Å²) in [6, 6.07) is 12.6. The number of hydrogen-bond acceptors (Lipinski definition) is 21. The second-order valence-electron chi connectivity index (χ2n) is 14.2. The van der Waals surface area contributed by atoms with E-state index < -0.39 is 98.5 Å². The standard InChI is InChI=1S/C44H48O21/c1-23(46)61-41-40(55)38(53)33(20-45)62-43(41)65-44(22-60-36(51)15-9-25-6-12-28(48)31(18-25)57-3)42(63-37(52)16-10-26-7-13-29(49)32(19-26)58-4)39(54)34(64-44)21-59-35(50)14-8-24-5-11-27(47)30(17-24)56-2/h5-19,33-34,38-43,45,47-49,53-55H,20-22H2,1-4H3/b14-8+,15-9+,16-10+/t33-,34-,38-,39-,40+,41-,42+,43-,44+/m1/s1. The third kappa shape index (κ3) is 12.5. The second-order valence-corrected chi connectivity index (χ2v) is 14.2. The van der Waals surface area contributed by atoms with Gasteiger partial charge < -0.3 is 83.1 Å². The number of carbonyl (C=O) groups excluding carboxylic acids is 4. The Morgan fingerprint density at radius 1 is 0.646 bits per heavy atom. The number of hydrogen-bond donors (Lipinski definition) is 7. The quantitative estimate of drug-likeness (QED) is 0.0534. The molecule has 0 aliphatic carbocycles. The highest BCUT2D eigenvalue weighted by Gasteiger charge is 2.62. The Balaban J connectivity index is 1.51. The second kappa shape index (κ2) is 22.3. The smallest absolute Gasteiger partial charge is 0.331 e. The summed E-state index contributed by atoms with van der Waals surface area (Å²) >= 11 is 0. The number of carbonyl (C=O) groups is 4. The van der Waals surface area contributed by atoms with Crippen LogP contribution < -0.4 is 14.2 Å². The van der Waals surface area contributed by atoms with Crippen LogP contribution in [0, 0.1) is 0 Å². The highest BCUT2D eigenvalue weighted by atomic mass is 16.8. The largest absolute Gasteiger partial charge is 0.504 e. The van der Waals surface area contributed by atoms with Crippen molar-refractivity contribution in [3.63, 3.8) is 0 Å². The zero-order valence-corrected chi connectivity index (χ0v) is 35.2. The van der Waals surface area contributed by atoms with E-state index in [0.717, 1.165) is 25.2 Å². The lowest BCUT2D eigenvalue weighted by Gasteiger charge is -2.44. The number of phenols is 3. The van der Waals surface area contributed by atoms with Gasteiger partial charge in [-0.1, -0.05) is 18.2 Å². The molecule has 2 fully saturated rings. The predicted octanol–water partition coefficient (Wildman–Crippen LogP) is 1.11. The van der Waals surface area contributed by atoms with E-state index in [2.05, 4.69) is 0 Å². The number of aliphatic hydroxyl groups excluding tert-OH is 4. The Bertz CT molecular complexity index is 2250. The number of benzene rings is 3. The van der Waals surface area contributed by atoms with Crippen molar-refractivity contribution >= 4 is 42.1 Å². The van der Waals surface area contributed by atoms with Crippen molar-refractivity contribution in [2.24, 2.45) is 0 Å². The van der Waals surface area contributed by atoms with Crippen LogP contribution in [-0.4, -0.2) is 156 Å². The van der Waals surface area contributed by atoms with Crippen LogP contribution in [0.1, 0.15) is 23.6 Å². The lowest BCUT2D eigenvalue weighted by atomic mass is 9.98. The molecule has 3 aromatic carbocycles. The number of ether oxygens (including phenoxy) is 10. The molecule has 0 aromatic heterocycles. The van der Waals surface area contributed by atoms with Gasteiger partial charge in [0.25, 0.3) is 0 Å². The van der Waals surface area contributed by atoms with E-state index in [4.69, 9.17) is 47.4 Å². The molecule has 2 aliphatic rings. The summed E-state index contributed by atoms with van der Waals surface area (Å²) in [4.78, 5) is 52.1. The fourth-order valence-electron chi connectivity index (χ4n) is 6.53. The van der Waals surface area contributed by atoms with Gasteiger partial charge in [-0.25, -0.2) is 14.4 Å². The lowest BCUT2D eigenvalue weighted by molar-refractivity contribution is -0.383. The number of phenolic OH excluding ortho intramolecular Hbond substituents is 3. The van der Waals surface area contributed by atoms with Gasteiger partial charge in [0.15, 0.2) is 46.7 Å². The fraction of sp³-hybridized carbons (Fsp3) is 0.364. The molecule has 7 N–H and O–H groups in total. The van der Waals surface area contributed by atoms with Crippen LogP contribution in [0.25, 0.3) is 18.2 Å². The van der Waals surface area contributed by atoms with Gasteiger partial charge in [-0.2, -0.15) is 0 Å². The maximum Gasteiger partial charge on any atom is 0.331 e. The Morgan fingerprint density at radius 2 is 1.12 bits per heavy atom. The topological polar surface area (TPSA) is 302 Å². The summed E-state index contributed by atoms with van der Waals surface area (Å²) in [6.07, 6.45) is -8.23. The van der Waals surface area contributed by atoms with E-state index >= 15 is 0 Å². The molecule has 0 spiro atoms. The van der Waals surface area contributed by atoms with E-state index in [1.165, 1.54) is 94.2 Å². The number of esters is 4. The summed E-state index contributed by atoms with van der Waals surface area (Å²) in [5, 5.41) is 73.4. The molecule has 65 heavy (non-hydrogen) atoms. The normalized spacial score (nSPS) is 25.4. The first-order valence-electron chi connectivity index (χ1n) is 19.5. The lowest BCUT2D eigenvalue weighted by Crippen LogP contribution is -2.64. The fourth-order valence-corrected chi connectivity index (χ4v) is 6.53. The molecule has 21 nitrogen and oxygen atoms in total. The first-order valence-corrected chi connectivity index (χ1v) is 19.5. The van der Waals surface area contributed by atoms with Gasteiger partial charge in [0, 0.05) is 25.2 Å². The van der Waals surface area contributed by atoms with Gasteiger partial charge in [-0.15, -0.1) is 0 Å². The molecule has 2 saturated heterocycles. The Morgan fingerprint density at radius 3 is 1.58 bits per heavy atom. The predicted molar refractivity (Wildman–Crippen MR) is 221 cm³/mol. The third-order valence-electron chi connectivity index (χ3n) is 9.81. The van der Waals surface area contributed by atoms with Crippen molar-refractivity contribution in [2.45, 2.75) is 61.7 Å². The van der Waals surface area contributed by atoms with Crippen molar-refractivity contribution in [3.8, 4) is 34.5 Å². The summed E-state index contributed by atoms with van der Waals surface area (Å²) < 4.78 is 55.1. The van der Waals surface area contributed by atoms with E-state index in [1.54, 1.807) is 0 Å². The molecule has 3 aromatic rings. The summed E-state index contributed by atoms with van der Waals surface area (Å²) in [7, 11) is 3.97. The number of rotatable bonds is 18. The minimum atomic E-state index is -2.70. The highest BCUT2D eigenvalue weighted by Crippen LogP contribution is 2.40. The molecule has 0 saturated carbocycles. The Kier molecular flexibility index (Phi) is 16.9. The molecule has 2 heterocycles. The van der Waals surface area contributed by atoms with E-state index in [9.17, 15) is 54.9 Å². The van der Waals surface area contributed by atoms with Crippen molar-refractivity contribution in [3.05, 3.63) is 89.5 Å². The van der Waals surface area contributed by atoms with E-state index in [-0.39, 0.29) is 34.5 Å². The molecule has 350 valence electrons. The van der Waals surface area contributed by atoms with Crippen LogP contribution in [0.15, 0.2) is 72.8 Å². The maximum atomic E-state index is 13.6. The van der Waals surface area contributed by atoms with Crippen molar-refractivity contribution in [2.75, 3.05) is 41.2 Å². The molecule has 2 aliphatic heterocycles. The highest BCUT2D eigenvalue weighted by molar-refractivity contribution is 5.88. The van der Waals surface area contributed by atoms with Crippen molar-refractivity contribution < 1.29 is 102 Å². The van der Waals surface area contributed by atoms with Gasteiger partial charge >= 0.3 is 23.9 Å². The summed E-state index contributed by atoms with van der Waals surface area (Å²) in [5.41, 5.74) is 1.15. The zero-order valence-electron chi connectivity index (χ0n) is 35.2. The van der Waals surface area contributed by atoms with Gasteiger partial charge in [0.05, 0.1) is 27.9 Å². The first kappa shape index (κ1) is 49.3. The molecule has 5 rings (SSSR count). The minimum absolute atomic E-state index is 0.0753. The molecule has 0 radical (unpaired) electrons. The molecular formula is C44H48O21. The van der Waals surface area contributed by atoms with Crippen molar-refractivity contribution in [1.82, 2.24) is 0 Å². The maximum absolute atomic E-state index is 13.6. The number of aromatic hydroxyl groups is 3. The average Bonchev–Trinajstić information content (AvgIpc) is 3.54. The number of methoxy groups -OCH3 is 3. The molecule has 21 heteroatoms. The molecule has 9 atom stereocenters. The Labute approximate surface area is 370 Å². The minimum Gasteiger partial charge on any atom is -0.504 e. The van der Waals surface area contributed by atoms with Gasteiger partial charge in [-0.3, -0.25) is 4.79 Å².